The van der Waals surface area contributed by atoms with E-state index >= 15 is 0 Å². The van der Waals surface area contributed by atoms with E-state index in [-0.39, 0.29) is 0 Å². The van der Waals surface area contributed by atoms with Crippen LogP contribution >= 0.6 is 0 Å². The summed E-state index contributed by atoms with van der Waals surface area (Å²) in [5.41, 5.74) is 6.38. The molecule has 1 aromatic heterocycles. The largest absolute Gasteiger partial charge is 0.325 e. The Hall–Kier alpha value is -0.940. The summed E-state index contributed by atoms with van der Waals surface area (Å²) in [5.74, 6) is 0.805. The highest BCUT2D eigenvalue weighted by molar-refractivity contribution is 4.90. The summed E-state index contributed by atoms with van der Waals surface area (Å²) in [6.45, 7) is 8.32. The summed E-state index contributed by atoms with van der Waals surface area (Å²) in [6, 6.07) is 0.682. The standard InChI is InChI=1S/C12H23N5/c1-10-4-3-5-16(11(10)2)6-7-17-9-12(8-13)14-15-17/h9-11H,3-8,13H2,1-2H3. The second kappa shape index (κ2) is 5.60. The van der Waals surface area contributed by atoms with Crippen LogP contribution in [0.25, 0.3) is 0 Å². The Morgan fingerprint density at radius 2 is 2.24 bits per heavy atom. The van der Waals surface area contributed by atoms with Crippen molar-refractivity contribution >= 4 is 0 Å². The van der Waals surface area contributed by atoms with Gasteiger partial charge < -0.3 is 5.73 Å². The number of hydrogen-bond acceptors (Lipinski definition) is 4. The average Bonchev–Trinajstić information content (AvgIpc) is 2.79. The number of aromatic nitrogens is 3. The van der Waals surface area contributed by atoms with Gasteiger partial charge in [-0.1, -0.05) is 12.1 Å². The van der Waals surface area contributed by atoms with Gasteiger partial charge in [0.2, 0.25) is 0 Å². The number of likely N-dealkylation sites (tertiary alicyclic amines) is 1. The molecule has 2 unspecified atom stereocenters. The maximum Gasteiger partial charge on any atom is 0.0962 e. The van der Waals surface area contributed by atoms with Crippen molar-refractivity contribution in [1.29, 1.82) is 0 Å². The van der Waals surface area contributed by atoms with Crippen molar-refractivity contribution in [3.05, 3.63) is 11.9 Å². The first-order valence-corrected chi connectivity index (χ1v) is 6.54. The second-order valence-corrected chi connectivity index (χ2v) is 5.07. The van der Waals surface area contributed by atoms with Gasteiger partial charge in [0.15, 0.2) is 0 Å². The fraction of sp³-hybridized carbons (Fsp3) is 0.833. The molecule has 2 N–H and O–H groups in total. The van der Waals surface area contributed by atoms with Gasteiger partial charge in [-0.25, -0.2) is 0 Å². The van der Waals surface area contributed by atoms with Gasteiger partial charge >= 0.3 is 0 Å². The fourth-order valence-corrected chi connectivity index (χ4v) is 2.51. The first-order valence-electron chi connectivity index (χ1n) is 6.54. The van der Waals surface area contributed by atoms with E-state index in [1.165, 1.54) is 19.4 Å². The third-order valence-electron chi connectivity index (χ3n) is 3.92. The summed E-state index contributed by atoms with van der Waals surface area (Å²) in [6.07, 6.45) is 4.62. The molecule has 5 nitrogen and oxygen atoms in total. The molecule has 1 aliphatic rings. The average molecular weight is 237 g/mol. The Balaban J connectivity index is 1.84. The summed E-state index contributed by atoms with van der Waals surface area (Å²) in [4.78, 5) is 2.55. The van der Waals surface area contributed by atoms with Gasteiger partial charge in [0.05, 0.1) is 12.2 Å². The molecule has 5 heteroatoms. The third kappa shape index (κ3) is 3.04. The number of nitrogens with zero attached hydrogens (tertiary/aromatic N) is 4. The molecule has 2 atom stereocenters. The van der Waals surface area contributed by atoms with E-state index in [9.17, 15) is 0 Å². The lowest BCUT2D eigenvalue weighted by Crippen LogP contribution is -2.43. The molecule has 1 aromatic rings. The highest BCUT2D eigenvalue weighted by atomic mass is 15.4. The van der Waals surface area contributed by atoms with E-state index in [0.717, 1.165) is 24.7 Å². The van der Waals surface area contributed by atoms with Crippen LogP contribution in [0.5, 0.6) is 0 Å². The van der Waals surface area contributed by atoms with Crippen molar-refractivity contribution in [2.24, 2.45) is 11.7 Å². The molecule has 0 amide bonds. The van der Waals surface area contributed by atoms with Crippen LogP contribution in [0.15, 0.2) is 6.20 Å². The zero-order valence-corrected chi connectivity index (χ0v) is 10.8. The Kier molecular flexibility index (Phi) is 4.12. The maximum absolute atomic E-state index is 5.52. The summed E-state index contributed by atoms with van der Waals surface area (Å²) >= 11 is 0. The van der Waals surface area contributed by atoms with Crippen LogP contribution in [-0.4, -0.2) is 39.0 Å². The first kappa shape index (κ1) is 12.5. The number of hydrogen-bond donors (Lipinski definition) is 1. The van der Waals surface area contributed by atoms with Gasteiger partial charge in [0.1, 0.15) is 0 Å². The number of nitrogens with two attached hydrogens (primary N) is 1. The Morgan fingerprint density at radius 3 is 2.94 bits per heavy atom. The van der Waals surface area contributed by atoms with E-state index in [2.05, 4.69) is 29.1 Å². The van der Waals surface area contributed by atoms with E-state index < -0.39 is 0 Å². The highest BCUT2D eigenvalue weighted by Gasteiger charge is 2.24. The predicted octanol–water partition coefficient (Wildman–Crippen LogP) is 0.857. The quantitative estimate of drug-likeness (QED) is 0.843. The number of piperidine rings is 1. The Labute approximate surface area is 103 Å². The van der Waals surface area contributed by atoms with Gasteiger partial charge in [0, 0.05) is 25.3 Å². The van der Waals surface area contributed by atoms with Gasteiger partial charge in [0.25, 0.3) is 0 Å². The molecule has 0 aliphatic carbocycles. The van der Waals surface area contributed by atoms with E-state index in [1.54, 1.807) is 0 Å². The van der Waals surface area contributed by atoms with E-state index in [1.807, 2.05) is 10.9 Å². The fourth-order valence-electron chi connectivity index (χ4n) is 2.51. The predicted molar refractivity (Wildman–Crippen MR) is 67.3 cm³/mol. The lowest BCUT2D eigenvalue weighted by atomic mass is 9.92. The topological polar surface area (TPSA) is 60.0 Å². The third-order valence-corrected chi connectivity index (χ3v) is 3.92. The normalized spacial score (nSPS) is 26.3. The number of rotatable bonds is 4. The van der Waals surface area contributed by atoms with Crippen molar-refractivity contribution in [3.8, 4) is 0 Å². The minimum Gasteiger partial charge on any atom is -0.325 e. The molecular weight excluding hydrogens is 214 g/mol. The molecule has 0 radical (unpaired) electrons. The second-order valence-electron chi connectivity index (χ2n) is 5.07. The smallest absolute Gasteiger partial charge is 0.0962 e. The van der Waals surface area contributed by atoms with Crippen LogP contribution < -0.4 is 5.73 Å². The Morgan fingerprint density at radius 1 is 1.41 bits per heavy atom. The Bertz CT molecular complexity index is 348. The minimum absolute atomic E-state index is 0.469. The molecule has 96 valence electrons. The molecule has 0 bridgehead atoms. The van der Waals surface area contributed by atoms with Gasteiger partial charge in [-0.3, -0.25) is 9.58 Å². The van der Waals surface area contributed by atoms with Crippen molar-refractivity contribution in [2.75, 3.05) is 13.1 Å². The van der Waals surface area contributed by atoms with Crippen LogP contribution in [0.2, 0.25) is 0 Å². The molecule has 0 saturated carbocycles. The first-order chi connectivity index (χ1) is 8.20. The van der Waals surface area contributed by atoms with Crippen LogP contribution in [-0.2, 0) is 13.1 Å². The lowest BCUT2D eigenvalue weighted by molar-refractivity contribution is 0.108. The monoisotopic (exact) mass is 237 g/mol. The minimum atomic E-state index is 0.469. The van der Waals surface area contributed by atoms with Crippen molar-refractivity contribution in [3.63, 3.8) is 0 Å². The molecule has 2 rings (SSSR count). The summed E-state index contributed by atoms with van der Waals surface area (Å²) in [5, 5.41) is 8.08. The maximum atomic E-state index is 5.52. The molecule has 1 aliphatic heterocycles. The molecule has 1 saturated heterocycles. The van der Waals surface area contributed by atoms with E-state index in [4.69, 9.17) is 5.73 Å². The SMILES string of the molecule is CC1CCCN(CCn2cc(CN)nn2)C1C. The molecule has 0 spiro atoms. The summed E-state index contributed by atoms with van der Waals surface area (Å²) in [7, 11) is 0. The molecule has 17 heavy (non-hydrogen) atoms. The van der Waals surface area contributed by atoms with Crippen molar-refractivity contribution in [1.82, 2.24) is 19.9 Å². The van der Waals surface area contributed by atoms with Crippen LogP contribution in [0.3, 0.4) is 0 Å². The zero-order valence-electron chi connectivity index (χ0n) is 10.8. The zero-order chi connectivity index (χ0) is 12.3. The van der Waals surface area contributed by atoms with Gasteiger partial charge in [-0.05, 0) is 32.2 Å². The lowest BCUT2D eigenvalue weighted by Gasteiger charge is -2.37. The van der Waals surface area contributed by atoms with Gasteiger partial charge in [-0.2, -0.15) is 0 Å². The van der Waals surface area contributed by atoms with E-state index in [0.29, 0.717) is 12.6 Å². The molecular formula is C12H23N5. The van der Waals surface area contributed by atoms with Crippen molar-refractivity contribution < 1.29 is 0 Å². The molecule has 1 fully saturated rings. The van der Waals surface area contributed by atoms with Crippen molar-refractivity contribution in [2.45, 2.75) is 45.8 Å². The molecule has 2 heterocycles. The van der Waals surface area contributed by atoms with Crippen LogP contribution in [0, 0.1) is 5.92 Å². The summed E-state index contributed by atoms with van der Waals surface area (Å²) < 4.78 is 1.90. The van der Waals surface area contributed by atoms with Crippen LogP contribution in [0.4, 0.5) is 0 Å². The highest BCUT2D eigenvalue weighted by Crippen LogP contribution is 2.22. The van der Waals surface area contributed by atoms with Gasteiger partial charge in [-0.15, -0.1) is 5.10 Å². The van der Waals surface area contributed by atoms with Crippen LogP contribution in [0.1, 0.15) is 32.4 Å². The molecule has 0 aromatic carbocycles.